The minimum absolute atomic E-state index is 0.711. The van der Waals surface area contributed by atoms with Gasteiger partial charge in [0.15, 0.2) is 0 Å². The molecule has 0 saturated carbocycles. The number of carbonyl (C=O) groups is 1. The number of rotatable bonds is 7. The van der Waals surface area contributed by atoms with Crippen LogP contribution in [0.15, 0.2) is 37.0 Å². The maximum absolute atomic E-state index is 9.86. The van der Waals surface area contributed by atoms with Crippen molar-refractivity contribution < 1.29 is 4.79 Å². The predicted molar refractivity (Wildman–Crippen MR) is 51.8 cm³/mol. The first-order valence-electron chi connectivity index (χ1n) is 3.95. The standard InChI is InChI=1S/C10H15NO/c1-3-4-6-10(2)7-5-8-11-9-12/h3-4,6,9H,1-2,5,7-8H2,(H,11,12)/b6-4-. The molecule has 0 bridgehead atoms. The molecule has 12 heavy (non-hydrogen) atoms. The Morgan fingerprint density at radius 3 is 2.83 bits per heavy atom. The summed E-state index contributed by atoms with van der Waals surface area (Å²) >= 11 is 0. The van der Waals surface area contributed by atoms with Crippen LogP contribution in [0.25, 0.3) is 0 Å². The van der Waals surface area contributed by atoms with Gasteiger partial charge in [-0.15, -0.1) is 0 Å². The average Bonchev–Trinajstić information content (AvgIpc) is 2.09. The molecule has 0 aliphatic heterocycles. The largest absolute Gasteiger partial charge is 0.359 e. The van der Waals surface area contributed by atoms with Gasteiger partial charge < -0.3 is 5.32 Å². The van der Waals surface area contributed by atoms with E-state index in [-0.39, 0.29) is 0 Å². The molecule has 2 nitrogen and oxygen atoms in total. The van der Waals surface area contributed by atoms with Crippen molar-refractivity contribution in [3.63, 3.8) is 0 Å². The highest BCUT2D eigenvalue weighted by Crippen LogP contribution is 2.02. The highest BCUT2D eigenvalue weighted by Gasteiger charge is 1.88. The van der Waals surface area contributed by atoms with Crippen molar-refractivity contribution in [3.8, 4) is 0 Å². The Bertz CT molecular complexity index is 182. The molecule has 0 aromatic heterocycles. The summed E-state index contributed by atoms with van der Waals surface area (Å²) in [4.78, 5) is 9.86. The molecular weight excluding hydrogens is 150 g/mol. The van der Waals surface area contributed by atoms with Gasteiger partial charge in [-0.05, 0) is 12.8 Å². The molecule has 66 valence electrons. The van der Waals surface area contributed by atoms with E-state index >= 15 is 0 Å². The monoisotopic (exact) mass is 165 g/mol. The van der Waals surface area contributed by atoms with Crippen molar-refractivity contribution in [2.75, 3.05) is 6.54 Å². The maximum Gasteiger partial charge on any atom is 0.207 e. The predicted octanol–water partition coefficient (Wildman–Crippen LogP) is 1.81. The van der Waals surface area contributed by atoms with Crippen LogP contribution in [0.4, 0.5) is 0 Å². The summed E-state index contributed by atoms with van der Waals surface area (Å²) in [7, 11) is 0. The normalized spacial score (nSPS) is 9.67. The molecule has 0 heterocycles. The van der Waals surface area contributed by atoms with Gasteiger partial charge in [0.2, 0.25) is 6.41 Å². The Hall–Kier alpha value is -1.31. The van der Waals surface area contributed by atoms with Crippen molar-refractivity contribution in [2.24, 2.45) is 0 Å². The fraction of sp³-hybridized carbons (Fsp3) is 0.300. The first kappa shape index (κ1) is 10.7. The Morgan fingerprint density at radius 2 is 2.25 bits per heavy atom. The molecule has 0 spiro atoms. The lowest BCUT2D eigenvalue weighted by Crippen LogP contribution is -2.11. The third kappa shape index (κ3) is 6.81. The minimum atomic E-state index is 0.711. The number of nitrogens with one attached hydrogen (secondary N) is 1. The molecule has 0 aromatic rings. The van der Waals surface area contributed by atoms with Crippen LogP contribution in [0, 0.1) is 0 Å². The van der Waals surface area contributed by atoms with Gasteiger partial charge in [-0.2, -0.15) is 0 Å². The third-order valence-electron chi connectivity index (χ3n) is 1.37. The number of carbonyl (C=O) groups excluding carboxylic acids is 1. The van der Waals surface area contributed by atoms with E-state index in [1.54, 1.807) is 6.08 Å². The van der Waals surface area contributed by atoms with Gasteiger partial charge in [-0.3, -0.25) is 4.79 Å². The summed E-state index contributed by atoms with van der Waals surface area (Å²) in [5.41, 5.74) is 1.06. The summed E-state index contributed by atoms with van der Waals surface area (Å²) in [6.07, 6.45) is 8.05. The minimum Gasteiger partial charge on any atom is -0.359 e. The number of hydrogen-bond acceptors (Lipinski definition) is 1. The quantitative estimate of drug-likeness (QED) is 0.348. The van der Waals surface area contributed by atoms with E-state index in [0.717, 1.165) is 18.4 Å². The average molecular weight is 165 g/mol. The van der Waals surface area contributed by atoms with Crippen LogP contribution in [0.2, 0.25) is 0 Å². The van der Waals surface area contributed by atoms with Crippen LogP contribution < -0.4 is 5.32 Å². The zero-order chi connectivity index (χ0) is 9.23. The second-order valence-electron chi connectivity index (χ2n) is 2.43. The lowest BCUT2D eigenvalue weighted by atomic mass is 10.1. The molecule has 1 N–H and O–H groups in total. The molecule has 1 amide bonds. The molecule has 2 heteroatoms. The van der Waals surface area contributed by atoms with E-state index < -0.39 is 0 Å². The van der Waals surface area contributed by atoms with Gasteiger partial charge in [0.05, 0.1) is 0 Å². The van der Waals surface area contributed by atoms with E-state index in [2.05, 4.69) is 18.5 Å². The van der Waals surface area contributed by atoms with Gasteiger partial charge in [-0.1, -0.05) is 37.0 Å². The lowest BCUT2D eigenvalue weighted by Gasteiger charge is -1.98. The van der Waals surface area contributed by atoms with Gasteiger partial charge in [0.25, 0.3) is 0 Å². The van der Waals surface area contributed by atoms with E-state index in [4.69, 9.17) is 0 Å². The summed E-state index contributed by atoms with van der Waals surface area (Å²) < 4.78 is 0. The molecule has 0 radical (unpaired) electrons. The molecule has 0 fully saturated rings. The first-order chi connectivity index (χ1) is 5.81. The van der Waals surface area contributed by atoms with Crippen molar-refractivity contribution in [1.29, 1.82) is 0 Å². The highest BCUT2D eigenvalue weighted by molar-refractivity contribution is 5.45. The molecule has 0 aliphatic rings. The SMILES string of the molecule is C=C/C=C\C(=C)CCCNC=O. The van der Waals surface area contributed by atoms with E-state index in [9.17, 15) is 4.79 Å². The van der Waals surface area contributed by atoms with Crippen molar-refractivity contribution in [1.82, 2.24) is 5.32 Å². The molecule has 0 rings (SSSR count). The van der Waals surface area contributed by atoms with Gasteiger partial charge in [0, 0.05) is 6.54 Å². The second-order valence-corrected chi connectivity index (χ2v) is 2.43. The van der Waals surface area contributed by atoms with Crippen molar-refractivity contribution in [3.05, 3.63) is 37.0 Å². The fourth-order valence-electron chi connectivity index (χ4n) is 0.764. The zero-order valence-electron chi connectivity index (χ0n) is 7.25. The number of allylic oxidation sites excluding steroid dienone is 4. The number of hydrogen-bond donors (Lipinski definition) is 1. The fourth-order valence-corrected chi connectivity index (χ4v) is 0.764. The Balaban J connectivity index is 3.37. The van der Waals surface area contributed by atoms with Crippen LogP contribution in [-0.2, 0) is 4.79 Å². The van der Waals surface area contributed by atoms with E-state index in [1.807, 2.05) is 12.2 Å². The highest BCUT2D eigenvalue weighted by atomic mass is 16.1. The summed E-state index contributed by atoms with van der Waals surface area (Å²) in [5.74, 6) is 0. The van der Waals surface area contributed by atoms with Crippen LogP contribution >= 0.6 is 0 Å². The van der Waals surface area contributed by atoms with E-state index in [0.29, 0.717) is 13.0 Å². The first-order valence-corrected chi connectivity index (χ1v) is 3.95. The molecular formula is C10H15NO. The Labute approximate surface area is 73.7 Å². The lowest BCUT2D eigenvalue weighted by molar-refractivity contribution is -0.109. The molecule has 0 unspecified atom stereocenters. The van der Waals surface area contributed by atoms with Gasteiger partial charge in [0.1, 0.15) is 0 Å². The Kier molecular flexibility index (Phi) is 6.94. The summed E-state index contributed by atoms with van der Waals surface area (Å²) in [6.45, 7) is 8.11. The van der Waals surface area contributed by atoms with Crippen molar-refractivity contribution in [2.45, 2.75) is 12.8 Å². The third-order valence-corrected chi connectivity index (χ3v) is 1.37. The smallest absolute Gasteiger partial charge is 0.207 e. The zero-order valence-corrected chi connectivity index (χ0v) is 7.25. The molecule has 0 aromatic carbocycles. The molecule has 0 saturated heterocycles. The maximum atomic E-state index is 9.86. The van der Waals surface area contributed by atoms with Gasteiger partial charge >= 0.3 is 0 Å². The molecule has 0 atom stereocenters. The van der Waals surface area contributed by atoms with E-state index in [1.165, 1.54) is 0 Å². The topological polar surface area (TPSA) is 29.1 Å². The van der Waals surface area contributed by atoms with Crippen LogP contribution in [-0.4, -0.2) is 13.0 Å². The van der Waals surface area contributed by atoms with Crippen LogP contribution in [0.3, 0.4) is 0 Å². The number of amides is 1. The van der Waals surface area contributed by atoms with Crippen LogP contribution in [0.1, 0.15) is 12.8 Å². The van der Waals surface area contributed by atoms with Crippen molar-refractivity contribution >= 4 is 6.41 Å². The summed E-state index contributed by atoms with van der Waals surface area (Å²) in [6, 6.07) is 0. The molecule has 0 aliphatic carbocycles. The second kappa shape index (κ2) is 7.79. The van der Waals surface area contributed by atoms with Gasteiger partial charge in [-0.25, -0.2) is 0 Å². The summed E-state index contributed by atoms with van der Waals surface area (Å²) in [5, 5.41) is 2.59. The van der Waals surface area contributed by atoms with Crippen LogP contribution in [0.5, 0.6) is 0 Å². The Morgan fingerprint density at radius 1 is 1.50 bits per heavy atom.